The van der Waals surface area contributed by atoms with Crippen molar-refractivity contribution in [2.24, 2.45) is 0 Å². The average molecular weight is 422 g/mol. The van der Waals surface area contributed by atoms with Crippen LogP contribution in [0.4, 0.5) is 10.6 Å². The summed E-state index contributed by atoms with van der Waals surface area (Å²) in [5.41, 5.74) is 1.67. The molecule has 4 aromatic rings. The van der Waals surface area contributed by atoms with Crippen molar-refractivity contribution in [3.8, 4) is 34.5 Å². The predicted octanol–water partition coefficient (Wildman–Crippen LogP) is 3.92. The summed E-state index contributed by atoms with van der Waals surface area (Å²) in [7, 11) is 4.43. The molecule has 4 rings (SSSR count). The summed E-state index contributed by atoms with van der Waals surface area (Å²) in [5, 5.41) is 2.57. The van der Waals surface area contributed by atoms with Crippen LogP contribution in [0.3, 0.4) is 0 Å². The van der Waals surface area contributed by atoms with Gasteiger partial charge in [-0.3, -0.25) is 5.32 Å². The zero-order valence-electron chi connectivity index (χ0n) is 16.9. The van der Waals surface area contributed by atoms with E-state index in [0.717, 1.165) is 0 Å². The van der Waals surface area contributed by atoms with Crippen molar-refractivity contribution >= 4 is 23.1 Å². The molecule has 0 spiro atoms. The van der Waals surface area contributed by atoms with Crippen molar-refractivity contribution in [2.75, 3.05) is 26.6 Å². The summed E-state index contributed by atoms with van der Waals surface area (Å²) < 4.78 is 26.8. The number of nitrogens with one attached hydrogen (secondary N) is 1. The number of amides is 1. The maximum absolute atomic E-state index is 12.4. The molecule has 1 aromatic carbocycles. The maximum Gasteiger partial charge on any atom is 0.418 e. The minimum absolute atomic E-state index is 0.202. The minimum Gasteiger partial charge on any atom is -0.493 e. The zero-order valence-corrected chi connectivity index (χ0v) is 16.9. The lowest BCUT2D eigenvalue weighted by Gasteiger charge is -2.14. The van der Waals surface area contributed by atoms with E-state index in [1.165, 1.54) is 39.7 Å². The lowest BCUT2D eigenvalue weighted by molar-refractivity contribution is 0.214. The highest BCUT2D eigenvalue weighted by molar-refractivity contribution is 5.86. The number of aromatic nitrogens is 3. The van der Waals surface area contributed by atoms with Gasteiger partial charge < -0.3 is 23.4 Å². The van der Waals surface area contributed by atoms with Gasteiger partial charge in [0.05, 0.1) is 21.3 Å². The lowest BCUT2D eigenvalue weighted by Crippen LogP contribution is -2.17. The van der Waals surface area contributed by atoms with Crippen LogP contribution in [0.5, 0.6) is 23.0 Å². The number of ether oxygens (including phenoxy) is 4. The summed E-state index contributed by atoms with van der Waals surface area (Å²) in [5.74, 6) is 1.92. The Morgan fingerprint density at radius 1 is 0.968 bits per heavy atom. The second-order valence-electron chi connectivity index (χ2n) is 6.15. The highest BCUT2D eigenvalue weighted by atomic mass is 16.6. The maximum atomic E-state index is 12.4. The van der Waals surface area contributed by atoms with Crippen molar-refractivity contribution in [2.45, 2.75) is 0 Å². The average Bonchev–Trinajstić information content (AvgIpc) is 3.23. The summed E-state index contributed by atoms with van der Waals surface area (Å²) in [6.07, 6.45) is 2.40. The molecule has 0 aliphatic heterocycles. The first-order chi connectivity index (χ1) is 15.1. The Balaban J connectivity index is 1.52. The molecule has 0 saturated heterocycles. The largest absolute Gasteiger partial charge is 0.493 e. The molecule has 10 heteroatoms. The van der Waals surface area contributed by atoms with Crippen molar-refractivity contribution in [1.29, 1.82) is 0 Å². The number of anilines is 1. The Morgan fingerprint density at radius 2 is 1.74 bits per heavy atom. The highest BCUT2D eigenvalue weighted by Gasteiger charge is 2.17. The molecular weight excluding hydrogens is 404 g/mol. The summed E-state index contributed by atoms with van der Waals surface area (Å²) in [6, 6.07) is 9.87. The molecule has 1 N–H and O–H groups in total. The summed E-state index contributed by atoms with van der Waals surface area (Å²) >= 11 is 0. The number of methoxy groups -OCH3 is 3. The molecule has 10 nitrogen and oxygen atoms in total. The van der Waals surface area contributed by atoms with Crippen molar-refractivity contribution < 1.29 is 28.2 Å². The van der Waals surface area contributed by atoms with E-state index in [1.54, 1.807) is 30.5 Å². The molecular formula is C21H18N4O6. The number of rotatable bonds is 6. The van der Waals surface area contributed by atoms with Gasteiger partial charge in [0.2, 0.25) is 11.6 Å². The van der Waals surface area contributed by atoms with E-state index < -0.39 is 6.09 Å². The SMILES string of the molecule is COc1cc(OC(=O)Nc2cc(-c3nc4ncccc4o3)ccn2)cc(OC)c1OC. The van der Waals surface area contributed by atoms with Gasteiger partial charge in [0, 0.05) is 30.1 Å². The van der Waals surface area contributed by atoms with Crippen LogP contribution in [-0.4, -0.2) is 42.4 Å². The monoisotopic (exact) mass is 422 g/mol. The fourth-order valence-corrected chi connectivity index (χ4v) is 2.88. The highest BCUT2D eigenvalue weighted by Crippen LogP contribution is 2.40. The van der Waals surface area contributed by atoms with Gasteiger partial charge >= 0.3 is 6.09 Å². The Kier molecular flexibility index (Phi) is 5.52. The Morgan fingerprint density at radius 3 is 2.42 bits per heavy atom. The molecule has 0 aliphatic rings. The van der Waals surface area contributed by atoms with E-state index in [0.29, 0.717) is 39.9 Å². The Labute approximate surface area is 176 Å². The number of nitrogens with zero attached hydrogens (tertiary/aromatic N) is 3. The molecule has 1 amide bonds. The minimum atomic E-state index is -0.752. The summed E-state index contributed by atoms with van der Waals surface area (Å²) in [6.45, 7) is 0. The molecule has 0 atom stereocenters. The van der Waals surface area contributed by atoms with Crippen molar-refractivity contribution in [1.82, 2.24) is 15.0 Å². The van der Waals surface area contributed by atoms with Crippen LogP contribution < -0.4 is 24.3 Å². The number of carbonyl (C=O) groups is 1. The smallest absolute Gasteiger partial charge is 0.418 e. The van der Waals surface area contributed by atoms with E-state index in [9.17, 15) is 4.79 Å². The number of hydrogen-bond donors (Lipinski definition) is 1. The second kappa shape index (κ2) is 8.57. The first kappa shape index (κ1) is 20.0. The van der Waals surface area contributed by atoms with Gasteiger partial charge in [-0.15, -0.1) is 0 Å². The molecule has 3 aromatic heterocycles. The molecule has 0 saturated carbocycles. The molecule has 0 aliphatic carbocycles. The van der Waals surface area contributed by atoms with E-state index >= 15 is 0 Å². The first-order valence-corrected chi connectivity index (χ1v) is 9.08. The molecule has 0 radical (unpaired) electrons. The fourth-order valence-electron chi connectivity index (χ4n) is 2.88. The van der Waals surface area contributed by atoms with Gasteiger partial charge in [-0.25, -0.2) is 14.8 Å². The van der Waals surface area contributed by atoms with E-state index in [4.69, 9.17) is 23.4 Å². The standard InChI is InChI=1S/C21H18N4O6/c1-27-15-10-13(11-16(28-2)18(15)29-3)30-21(26)24-17-9-12(6-8-22-17)20-25-19-14(31-20)5-4-7-23-19/h4-11H,1-3H3,(H,22,24,26). The predicted molar refractivity (Wildman–Crippen MR) is 111 cm³/mol. The van der Waals surface area contributed by atoms with Crippen LogP contribution in [0, 0.1) is 0 Å². The molecule has 31 heavy (non-hydrogen) atoms. The molecule has 0 unspecified atom stereocenters. The Hall–Kier alpha value is -4.34. The quantitative estimate of drug-likeness (QED) is 0.493. The Bertz CT molecular complexity index is 1180. The third-order valence-corrected chi connectivity index (χ3v) is 4.25. The second-order valence-corrected chi connectivity index (χ2v) is 6.15. The molecule has 3 heterocycles. The lowest BCUT2D eigenvalue weighted by atomic mass is 10.2. The fraction of sp³-hybridized carbons (Fsp3) is 0.143. The van der Waals surface area contributed by atoms with E-state index in [1.807, 2.05) is 0 Å². The van der Waals surface area contributed by atoms with Crippen LogP contribution in [0.25, 0.3) is 22.7 Å². The molecule has 0 fully saturated rings. The third-order valence-electron chi connectivity index (χ3n) is 4.25. The number of carbonyl (C=O) groups excluding carboxylic acids is 1. The summed E-state index contributed by atoms with van der Waals surface area (Å²) in [4.78, 5) is 25.0. The van der Waals surface area contributed by atoms with Gasteiger partial charge in [-0.2, -0.15) is 4.98 Å². The number of oxazole rings is 1. The van der Waals surface area contributed by atoms with E-state index in [2.05, 4.69) is 20.3 Å². The van der Waals surface area contributed by atoms with Gasteiger partial charge in [0.25, 0.3) is 0 Å². The first-order valence-electron chi connectivity index (χ1n) is 9.08. The van der Waals surface area contributed by atoms with Crippen LogP contribution in [0.15, 0.2) is 53.2 Å². The van der Waals surface area contributed by atoms with Crippen molar-refractivity contribution in [3.05, 3.63) is 48.8 Å². The zero-order chi connectivity index (χ0) is 21.8. The van der Waals surface area contributed by atoms with Gasteiger partial charge in [-0.05, 0) is 24.3 Å². The number of fused-ring (bicyclic) bond motifs is 1. The topological polar surface area (TPSA) is 118 Å². The normalized spacial score (nSPS) is 10.5. The number of pyridine rings is 2. The van der Waals surface area contributed by atoms with Gasteiger partial charge in [-0.1, -0.05) is 0 Å². The number of hydrogen-bond acceptors (Lipinski definition) is 9. The van der Waals surface area contributed by atoms with Crippen LogP contribution in [0.1, 0.15) is 0 Å². The van der Waals surface area contributed by atoms with Crippen LogP contribution >= 0.6 is 0 Å². The molecule has 158 valence electrons. The van der Waals surface area contributed by atoms with Gasteiger partial charge in [0.1, 0.15) is 11.6 Å². The van der Waals surface area contributed by atoms with Gasteiger partial charge in [0.15, 0.2) is 22.7 Å². The molecule has 0 bridgehead atoms. The van der Waals surface area contributed by atoms with E-state index in [-0.39, 0.29) is 11.6 Å². The van der Waals surface area contributed by atoms with Crippen molar-refractivity contribution in [3.63, 3.8) is 0 Å². The number of benzene rings is 1. The van der Waals surface area contributed by atoms with Crippen LogP contribution in [0.2, 0.25) is 0 Å². The third kappa shape index (κ3) is 4.17. The van der Waals surface area contributed by atoms with Crippen LogP contribution in [-0.2, 0) is 0 Å².